The zero-order valence-corrected chi connectivity index (χ0v) is 10.9. The van der Waals surface area contributed by atoms with Gasteiger partial charge in [0.2, 0.25) is 5.95 Å². The second kappa shape index (κ2) is 5.40. The fraction of sp³-hybridized carbons (Fsp3) is 0.583. The van der Waals surface area contributed by atoms with Crippen LogP contribution in [0.1, 0.15) is 12.8 Å². The van der Waals surface area contributed by atoms with Gasteiger partial charge < -0.3 is 20.4 Å². The lowest BCUT2D eigenvalue weighted by atomic mass is 10.4. The number of aromatic nitrogens is 4. The van der Waals surface area contributed by atoms with E-state index in [1.807, 2.05) is 0 Å². The number of rotatable bonds is 7. The van der Waals surface area contributed by atoms with Crippen molar-refractivity contribution in [3.8, 4) is 0 Å². The number of hydrogen-bond acceptors (Lipinski definition) is 6. The molecule has 0 aliphatic heterocycles. The topological polar surface area (TPSA) is 87.8 Å². The molecular weight excluding hydrogens is 244 g/mol. The lowest BCUT2D eigenvalue weighted by molar-refractivity contribution is 0.134. The van der Waals surface area contributed by atoms with E-state index < -0.39 is 0 Å². The normalized spacial score (nSPS) is 14.8. The fourth-order valence-electron chi connectivity index (χ4n) is 1.85. The molecule has 3 N–H and O–H groups in total. The lowest BCUT2D eigenvalue weighted by Crippen LogP contribution is -2.12. The van der Waals surface area contributed by atoms with Gasteiger partial charge in [0.15, 0.2) is 11.5 Å². The van der Waals surface area contributed by atoms with Crippen LogP contribution in [0.3, 0.4) is 0 Å². The Morgan fingerprint density at radius 3 is 3.11 bits per heavy atom. The Kier molecular flexibility index (Phi) is 3.45. The first-order chi connectivity index (χ1) is 9.36. The summed E-state index contributed by atoms with van der Waals surface area (Å²) in [6, 6.07) is 0. The van der Waals surface area contributed by atoms with Crippen LogP contribution in [-0.4, -0.2) is 46.7 Å². The number of nitrogens with one attached hydrogen (secondary N) is 3. The summed E-state index contributed by atoms with van der Waals surface area (Å²) >= 11 is 0. The molecule has 1 saturated carbocycles. The van der Waals surface area contributed by atoms with Crippen LogP contribution in [0.2, 0.25) is 0 Å². The van der Waals surface area contributed by atoms with Crippen LogP contribution in [0, 0.1) is 5.92 Å². The number of nitrogens with zero attached hydrogens (tertiary/aromatic N) is 3. The predicted molar refractivity (Wildman–Crippen MR) is 73.3 cm³/mol. The van der Waals surface area contributed by atoms with Gasteiger partial charge in [-0.25, -0.2) is 4.98 Å². The van der Waals surface area contributed by atoms with Crippen LogP contribution >= 0.6 is 0 Å². The summed E-state index contributed by atoms with van der Waals surface area (Å²) in [7, 11) is 1.79. The summed E-state index contributed by atoms with van der Waals surface area (Å²) in [4.78, 5) is 15.8. The Morgan fingerprint density at radius 1 is 1.42 bits per heavy atom. The summed E-state index contributed by atoms with van der Waals surface area (Å²) < 4.78 is 5.58. The third-order valence-corrected chi connectivity index (χ3v) is 3.10. The van der Waals surface area contributed by atoms with Crippen LogP contribution in [0.15, 0.2) is 6.33 Å². The van der Waals surface area contributed by atoms with Crippen molar-refractivity contribution in [2.24, 2.45) is 5.92 Å². The molecule has 102 valence electrons. The number of hydrogen-bond donors (Lipinski definition) is 3. The third kappa shape index (κ3) is 2.93. The van der Waals surface area contributed by atoms with Gasteiger partial charge in [-0.3, -0.25) is 0 Å². The number of aromatic amines is 1. The van der Waals surface area contributed by atoms with E-state index in [0.29, 0.717) is 18.2 Å². The molecule has 3 rings (SSSR count). The van der Waals surface area contributed by atoms with Crippen molar-refractivity contribution in [2.45, 2.75) is 12.8 Å². The maximum atomic E-state index is 5.58. The molecule has 0 amide bonds. The van der Waals surface area contributed by atoms with Crippen molar-refractivity contribution >= 4 is 22.9 Å². The van der Waals surface area contributed by atoms with Gasteiger partial charge in [-0.05, 0) is 18.8 Å². The van der Waals surface area contributed by atoms with E-state index in [0.717, 1.165) is 30.4 Å². The molecule has 7 heteroatoms. The van der Waals surface area contributed by atoms with Crippen molar-refractivity contribution in [1.82, 2.24) is 19.9 Å². The molecule has 1 aliphatic rings. The van der Waals surface area contributed by atoms with Gasteiger partial charge in [-0.2, -0.15) is 9.97 Å². The molecule has 1 fully saturated rings. The summed E-state index contributed by atoms with van der Waals surface area (Å²) in [5, 5.41) is 6.18. The van der Waals surface area contributed by atoms with Gasteiger partial charge in [0.1, 0.15) is 5.52 Å². The first-order valence-corrected chi connectivity index (χ1v) is 6.57. The molecule has 19 heavy (non-hydrogen) atoms. The lowest BCUT2D eigenvalue weighted by Gasteiger charge is -2.08. The predicted octanol–water partition coefficient (Wildman–Crippen LogP) is 1.23. The molecule has 0 radical (unpaired) electrons. The van der Waals surface area contributed by atoms with Crippen molar-refractivity contribution in [2.75, 3.05) is 37.4 Å². The minimum absolute atomic E-state index is 0.556. The quantitative estimate of drug-likeness (QED) is 0.651. The van der Waals surface area contributed by atoms with Gasteiger partial charge in [0, 0.05) is 20.2 Å². The van der Waals surface area contributed by atoms with Crippen LogP contribution in [0.25, 0.3) is 11.2 Å². The van der Waals surface area contributed by atoms with Crippen molar-refractivity contribution in [3.05, 3.63) is 6.33 Å². The maximum Gasteiger partial charge on any atom is 0.226 e. The molecular formula is C12H18N6O. The second-order valence-corrected chi connectivity index (χ2v) is 4.69. The molecule has 0 aromatic carbocycles. The summed E-state index contributed by atoms with van der Waals surface area (Å²) in [6.45, 7) is 2.29. The maximum absolute atomic E-state index is 5.58. The minimum Gasteiger partial charge on any atom is -0.379 e. The molecule has 0 spiro atoms. The minimum atomic E-state index is 0.556. The number of imidazole rings is 1. The first-order valence-electron chi connectivity index (χ1n) is 6.57. The standard InChI is InChI=1S/C12H18N6O/c1-13-12-17-10(9-11(18-12)16-7-15-9)14-4-5-19-6-8-2-3-8/h7-8H,2-6H2,1H3,(H3,13,14,15,16,17,18). The average Bonchev–Trinajstić information content (AvgIpc) is 3.13. The Morgan fingerprint density at radius 2 is 2.32 bits per heavy atom. The van der Waals surface area contributed by atoms with E-state index in [1.165, 1.54) is 12.8 Å². The van der Waals surface area contributed by atoms with E-state index >= 15 is 0 Å². The first kappa shape index (κ1) is 12.2. The van der Waals surface area contributed by atoms with E-state index in [9.17, 15) is 0 Å². The molecule has 2 heterocycles. The molecule has 2 aromatic heterocycles. The molecule has 0 atom stereocenters. The largest absolute Gasteiger partial charge is 0.379 e. The Labute approximate surface area is 111 Å². The third-order valence-electron chi connectivity index (χ3n) is 3.10. The zero-order valence-electron chi connectivity index (χ0n) is 10.9. The molecule has 2 aromatic rings. The molecule has 0 bridgehead atoms. The van der Waals surface area contributed by atoms with E-state index in [-0.39, 0.29) is 0 Å². The second-order valence-electron chi connectivity index (χ2n) is 4.69. The van der Waals surface area contributed by atoms with Crippen molar-refractivity contribution < 1.29 is 4.74 Å². The van der Waals surface area contributed by atoms with Crippen LogP contribution in [0.4, 0.5) is 11.8 Å². The van der Waals surface area contributed by atoms with Crippen LogP contribution in [0.5, 0.6) is 0 Å². The molecule has 1 aliphatic carbocycles. The fourth-order valence-corrected chi connectivity index (χ4v) is 1.85. The highest BCUT2D eigenvalue weighted by atomic mass is 16.5. The van der Waals surface area contributed by atoms with Gasteiger partial charge in [0.05, 0.1) is 12.9 Å². The number of H-pyrrole nitrogens is 1. The van der Waals surface area contributed by atoms with Crippen molar-refractivity contribution in [3.63, 3.8) is 0 Å². The summed E-state index contributed by atoms with van der Waals surface area (Å²) in [6.07, 6.45) is 4.26. The molecule has 0 saturated heterocycles. The van der Waals surface area contributed by atoms with Gasteiger partial charge in [-0.1, -0.05) is 0 Å². The monoisotopic (exact) mass is 262 g/mol. The Bertz CT molecular complexity index is 550. The van der Waals surface area contributed by atoms with Gasteiger partial charge >= 0.3 is 0 Å². The Balaban J connectivity index is 1.60. The number of fused-ring (bicyclic) bond motifs is 1. The van der Waals surface area contributed by atoms with E-state index in [1.54, 1.807) is 13.4 Å². The number of ether oxygens (including phenoxy) is 1. The highest BCUT2D eigenvalue weighted by Gasteiger charge is 2.20. The molecule has 0 unspecified atom stereocenters. The summed E-state index contributed by atoms with van der Waals surface area (Å²) in [5.41, 5.74) is 1.47. The smallest absolute Gasteiger partial charge is 0.226 e. The van der Waals surface area contributed by atoms with Gasteiger partial charge in [-0.15, -0.1) is 0 Å². The molecule has 7 nitrogen and oxygen atoms in total. The van der Waals surface area contributed by atoms with E-state index in [2.05, 4.69) is 30.6 Å². The van der Waals surface area contributed by atoms with Crippen molar-refractivity contribution in [1.29, 1.82) is 0 Å². The highest BCUT2D eigenvalue weighted by molar-refractivity contribution is 5.83. The average molecular weight is 262 g/mol. The van der Waals surface area contributed by atoms with E-state index in [4.69, 9.17) is 4.74 Å². The SMILES string of the molecule is CNc1nc(NCCOCC2CC2)c2[nH]cnc2n1. The zero-order chi connectivity index (χ0) is 13.1. The van der Waals surface area contributed by atoms with Crippen LogP contribution < -0.4 is 10.6 Å². The van der Waals surface area contributed by atoms with Gasteiger partial charge in [0.25, 0.3) is 0 Å². The number of anilines is 2. The highest BCUT2D eigenvalue weighted by Crippen LogP contribution is 2.28. The summed E-state index contributed by atoms with van der Waals surface area (Å²) in [5.74, 6) is 2.11. The van der Waals surface area contributed by atoms with Crippen LogP contribution in [-0.2, 0) is 4.74 Å². The Hall–Kier alpha value is -1.89.